The van der Waals surface area contributed by atoms with Gasteiger partial charge in [0.2, 0.25) is 5.69 Å². The molecule has 0 radical (unpaired) electrons. The van der Waals surface area contributed by atoms with E-state index in [-0.39, 0.29) is 48.4 Å². The summed E-state index contributed by atoms with van der Waals surface area (Å²) in [6.07, 6.45) is 45.7. The Kier molecular flexibility index (Phi) is 30.7. The van der Waals surface area contributed by atoms with Crippen molar-refractivity contribution in [3.8, 4) is 0 Å². The Morgan fingerprint density at radius 3 is 1.43 bits per heavy atom. The van der Waals surface area contributed by atoms with E-state index < -0.39 is 6.10 Å². The lowest BCUT2D eigenvalue weighted by molar-refractivity contribution is -0.401. The van der Waals surface area contributed by atoms with Crippen LogP contribution < -0.4 is 4.90 Å². The molecule has 0 bridgehead atoms. The molecule has 2 aromatic rings. The Balaban J connectivity index is 1.21. The maximum absolute atomic E-state index is 13.3. The average Bonchev–Trinajstić information content (AvgIpc) is 3.74. The number of allylic oxidation sites excluding steroid dienone is 6. The normalized spacial score (nSPS) is 15.2. The van der Waals surface area contributed by atoms with Crippen molar-refractivity contribution in [2.24, 2.45) is 0 Å². The number of carbonyl (C=O) groups excluding carboxylic acids is 3. The monoisotopic (exact) mass is 1030 g/mol. The molecular weight excluding hydrogens is 929 g/mol. The van der Waals surface area contributed by atoms with Gasteiger partial charge in [0.25, 0.3) is 0 Å². The van der Waals surface area contributed by atoms with Crippen molar-refractivity contribution in [3.63, 3.8) is 0 Å². The predicted octanol–water partition coefficient (Wildman–Crippen LogP) is 18.0. The van der Waals surface area contributed by atoms with Crippen molar-refractivity contribution in [1.82, 2.24) is 0 Å². The lowest BCUT2D eigenvalue weighted by Gasteiger charge is -2.27. The van der Waals surface area contributed by atoms with Gasteiger partial charge in [0.1, 0.15) is 20.3 Å². The zero-order chi connectivity index (χ0) is 54.0. The summed E-state index contributed by atoms with van der Waals surface area (Å²) in [6.45, 7) is 14.3. The van der Waals surface area contributed by atoms with E-state index in [0.717, 1.165) is 57.9 Å². The molecule has 0 aromatic heterocycles. The van der Waals surface area contributed by atoms with Gasteiger partial charge in [-0.3, -0.25) is 14.4 Å². The number of hydrogen-bond donors (Lipinski definition) is 0. The largest absolute Gasteiger partial charge is 0.462 e. The van der Waals surface area contributed by atoms with E-state index in [4.69, 9.17) is 14.2 Å². The van der Waals surface area contributed by atoms with Gasteiger partial charge < -0.3 is 19.1 Å². The highest BCUT2D eigenvalue weighted by Gasteiger charge is 2.42. The highest BCUT2D eigenvalue weighted by Crippen LogP contribution is 2.47. The standard InChI is InChI=1S/C67H105N2O6/c1-8-10-12-14-16-18-20-22-24-26-28-30-36-50-63(70)73-54-56(55-74-64(71)51-37-31-29-27-25-23-21-19-17-15-13-11-9-2)75-65(72)52-38-33-43-53-69-60-47-42-40-45-58(60)67(5,6)62(69)49-35-32-34-48-61-66(3,4)57-44-39-41-46-59(57)68(61)7/h32,34-35,39-42,44-49,56H,8-31,33,36-38,43,50-55H2,1-7H3/q+1. The third kappa shape index (κ3) is 23.0. The maximum atomic E-state index is 13.3. The number of unbranched alkanes of at least 4 members (excludes halogenated alkanes) is 26. The summed E-state index contributed by atoms with van der Waals surface area (Å²) in [5.74, 6) is -0.952. The van der Waals surface area contributed by atoms with Gasteiger partial charge in [-0.05, 0) is 57.2 Å². The fourth-order valence-corrected chi connectivity index (χ4v) is 11.2. The van der Waals surface area contributed by atoms with Gasteiger partial charge in [0.15, 0.2) is 11.8 Å². The number of hydrogen-bond acceptors (Lipinski definition) is 7. The quantitative estimate of drug-likeness (QED) is 0.0215. The predicted molar refractivity (Wildman–Crippen MR) is 314 cm³/mol. The van der Waals surface area contributed by atoms with Crippen LogP contribution in [0.25, 0.3) is 0 Å². The smallest absolute Gasteiger partial charge is 0.306 e. The number of para-hydroxylation sites is 2. The van der Waals surface area contributed by atoms with E-state index in [0.29, 0.717) is 19.3 Å². The molecule has 2 aliphatic heterocycles. The summed E-state index contributed by atoms with van der Waals surface area (Å²) in [6, 6.07) is 17.3. The molecule has 0 unspecified atom stereocenters. The van der Waals surface area contributed by atoms with Gasteiger partial charge in [-0.1, -0.05) is 243 Å². The molecule has 4 rings (SSSR count). The first-order chi connectivity index (χ1) is 36.4. The summed E-state index contributed by atoms with van der Waals surface area (Å²) in [5, 5.41) is 0. The van der Waals surface area contributed by atoms with Crippen LogP contribution in [0.1, 0.15) is 258 Å². The molecule has 2 aliphatic rings. The molecule has 0 saturated heterocycles. The van der Waals surface area contributed by atoms with E-state index in [9.17, 15) is 14.4 Å². The minimum atomic E-state index is -0.830. The zero-order valence-electron chi connectivity index (χ0n) is 48.7. The van der Waals surface area contributed by atoms with Crippen LogP contribution >= 0.6 is 0 Å². The summed E-state index contributed by atoms with van der Waals surface area (Å²) < 4.78 is 19.4. The number of carbonyl (C=O) groups is 3. The van der Waals surface area contributed by atoms with Crippen LogP contribution in [0, 0.1) is 0 Å². The molecule has 2 heterocycles. The molecular formula is C67H105N2O6+. The van der Waals surface area contributed by atoms with E-state index in [1.165, 1.54) is 162 Å². The second-order valence-corrected chi connectivity index (χ2v) is 22.9. The number of nitrogens with zero attached hydrogens (tertiary/aromatic N) is 2. The molecule has 75 heavy (non-hydrogen) atoms. The third-order valence-electron chi connectivity index (χ3n) is 15.9. The second kappa shape index (κ2) is 36.6. The Morgan fingerprint density at radius 2 is 0.933 bits per heavy atom. The molecule has 0 saturated carbocycles. The van der Waals surface area contributed by atoms with E-state index >= 15 is 0 Å². The van der Waals surface area contributed by atoms with Crippen molar-refractivity contribution < 1.29 is 33.2 Å². The number of ether oxygens (including phenoxy) is 3. The molecule has 0 amide bonds. The first kappa shape index (κ1) is 63.1. The highest BCUT2D eigenvalue weighted by molar-refractivity contribution is 6.03. The summed E-state index contributed by atoms with van der Waals surface area (Å²) in [5.41, 5.74) is 7.44. The minimum absolute atomic E-state index is 0.0709. The van der Waals surface area contributed by atoms with E-state index in [1.54, 1.807) is 0 Å². The van der Waals surface area contributed by atoms with Crippen LogP contribution in [-0.2, 0) is 39.4 Å². The lowest BCUT2D eigenvalue weighted by Crippen LogP contribution is -2.31. The Bertz CT molecular complexity index is 2030. The zero-order valence-corrected chi connectivity index (χ0v) is 48.7. The van der Waals surface area contributed by atoms with Crippen molar-refractivity contribution in [3.05, 3.63) is 95.7 Å². The fraction of sp³-hybridized carbons (Fsp3) is 0.672. The van der Waals surface area contributed by atoms with Crippen LogP contribution in [0.5, 0.6) is 0 Å². The minimum Gasteiger partial charge on any atom is -0.462 e. The Labute approximate surface area is 457 Å². The van der Waals surface area contributed by atoms with Crippen molar-refractivity contribution >= 4 is 35.0 Å². The van der Waals surface area contributed by atoms with Crippen LogP contribution in [0.15, 0.2) is 84.6 Å². The molecule has 0 aliphatic carbocycles. The van der Waals surface area contributed by atoms with Gasteiger partial charge in [0.05, 0.1) is 5.41 Å². The molecule has 0 fully saturated rings. The third-order valence-corrected chi connectivity index (χ3v) is 15.9. The molecule has 2 aromatic carbocycles. The van der Waals surface area contributed by atoms with Crippen LogP contribution in [-0.4, -0.2) is 61.1 Å². The van der Waals surface area contributed by atoms with Crippen LogP contribution in [0.2, 0.25) is 0 Å². The first-order valence-corrected chi connectivity index (χ1v) is 30.6. The second-order valence-electron chi connectivity index (χ2n) is 22.9. The average molecular weight is 1030 g/mol. The van der Waals surface area contributed by atoms with Gasteiger partial charge >= 0.3 is 17.9 Å². The Morgan fingerprint density at radius 1 is 0.507 bits per heavy atom. The molecule has 0 atom stereocenters. The number of rotatable bonds is 42. The van der Waals surface area contributed by atoms with E-state index in [1.807, 2.05) is 0 Å². The van der Waals surface area contributed by atoms with Crippen LogP contribution in [0.4, 0.5) is 11.4 Å². The summed E-state index contributed by atoms with van der Waals surface area (Å²) >= 11 is 0. The number of esters is 3. The fourth-order valence-electron chi connectivity index (χ4n) is 11.2. The molecule has 8 heteroatoms. The van der Waals surface area contributed by atoms with Crippen molar-refractivity contribution in [1.29, 1.82) is 0 Å². The number of benzene rings is 2. The summed E-state index contributed by atoms with van der Waals surface area (Å²) in [4.78, 5) is 41.4. The molecule has 0 N–H and O–H groups in total. The Hall–Kier alpha value is -4.46. The van der Waals surface area contributed by atoms with Gasteiger partial charge in [-0.15, -0.1) is 0 Å². The molecule has 0 spiro atoms. The van der Waals surface area contributed by atoms with Gasteiger partial charge in [-0.25, -0.2) is 0 Å². The molecule has 8 nitrogen and oxygen atoms in total. The summed E-state index contributed by atoms with van der Waals surface area (Å²) in [7, 11) is 2.15. The van der Waals surface area contributed by atoms with Crippen molar-refractivity contribution in [2.45, 2.75) is 264 Å². The highest BCUT2D eigenvalue weighted by atomic mass is 16.6. The van der Waals surface area contributed by atoms with Crippen LogP contribution in [0.3, 0.4) is 0 Å². The van der Waals surface area contributed by atoms with E-state index in [2.05, 4.69) is 137 Å². The first-order valence-electron chi connectivity index (χ1n) is 30.6. The topological polar surface area (TPSA) is 85.2 Å². The lowest BCUT2D eigenvalue weighted by atomic mass is 9.81. The number of fused-ring (bicyclic) bond motifs is 2. The van der Waals surface area contributed by atoms with Crippen molar-refractivity contribution in [2.75, 3.05) is 31.7 Å². The van der Waals surface area contributed by atoms with Gasteiger partial charge in [-0.2, -0.15) is 4.58 Å². The number of anilines is 1. The van der Waals surface area contributed by atoms with Gasteiger partial charge in [0, 0.05) is 60.3 Å². The SMILES string of the molecule is CCCCCCCCCCCCCCCC(=O)OCC(COC(=O)CCCCCCCCCCCCCCC)OC(=O)CCCCCN1/C(=C/C=C/C=C/C2=[N+](C)c3ccccc3C2(C)C)C(C)(C)c2ccccc21. The maximum Gasteiger partial charge on any atom is 0.306 e. The molecule has 418 valence electrons.